The molecule has 0 atom stereocenters. The second-order valence-corrected chi connectivity index (χ2v) is 4.48. The van der Waals surface area contributed by atoms with Crippen LogP contribution in [0.3, 0.4) is 0 Å². The van der Waals surface area contributed by atoms with Gasteiger partial charge in [0, 0.05) is 6.42 Å². The van der Waals surface area contributed by atoms with Crippen molar-refractivity contribution in [1.82, 2.24) is 4.98 Å². The van der Waals surface area contributed by atoms with Crippen LogP contribution < -0.4 is 0 Å². The molecule has 0 aliphatic rings. The van der Waals surface area contributed by atoms with Crippen molar-refractivity contribution in [2.45, 2.75) is 6.42 Å². The molecule has 0 radical (unpaired) electrons. The molecule has 0 bridgehead atoms. The number of benzene rings is 2. The van der Waals surface area contributed by atoms with Crippen molar-refractivity contribution < 1.29 is 14.6 Å². The van der Waals surface area contributed by atoms with E-state index in [9.17, 15) is 10.2 Å². The fraction of sp³-hybridized carbons (Fsp3) is 0.0625. The fourth-order valence-corrected chi connectivity index (χ4v) is 2.06. The summed E-state index contributed by atoms with van der Waals surface area (Å²) >= 11 is 0. The van der Waals surface area contributed by atoms with Gasteiger partial charge in [-0.1, -0.05) is 36.4 Å². The molecule has 20 heavy (non-hydrogen) atoms. The summed E-state index contributed by atoms with van der Waals surface area (Å²) in [6.07, 6.45) is 2.17. The number of aromatic hydroxyl groups is 2. The van der Waals surface area contributed by atoms with E-state index in [4.69, 9.17) is 4.42 Å². The molecule has 0 spiro atoms. The third kappa shape index (κ3) is 2.36. The smallest absolute Gasteiger partial charge is 0.233 e. The molecule has 0 fully saturated rings. The molecule has 0 unspecified atom stereocenters. The number of nitrogens with zero attached hydrogens (tertiary/aromatic N) is 1. The molecule has 100 valence electrons. The SMILES string of the molecule is Oc1cccc(O)c1-c1nc(Cc2ccccc2)co1. The van der Waals surface area contributed by atoms with Gasteiger partial charge in [-0.15, -0.1) is 0 Å². The summed E-state index contributed by atoms with van der Waals surface area (Å²) in [5.74, 6) is 0.0998. The first kappa shape index (κ1) is 12.3. The number of rotatable bonds is 3. The Bertz CT molecular complexity index is 699. The van der Waals surface area contributed by atoms with E-state index < -0.39 is 0 Å². The Labute approximate surface area is 116 Å². The van der Waals surface area contributed by atoms with Crippen molar-refractivity contribution in [3.8, 4) is 23.0 Å². The van der Waals surface area contributed by atoms with Crippen LogP contribution in [-0.2, 0) is 6.42 Å². The molecule has 2 N–H and O–H groups in total. The summed E-state index contributed by atoms with van der Waals surface area (Å²) < 4.78 is 5.35. The van der Waals surface area contributed by atoms with E-state index in [0.717, 1.165) is 11.3 Å². The number of hydrogen-bond donors (Lipinski definition) is 2. The van der Waals surface area contributed by atoms with Gasteiger partial charge < -0.3 is 14.6 Å². The van der Waals surface area contributed by atoms with E-state index in [1.54, 1.807) is 6.07 Å². The van der Waals surface area contributed by atoms with Crippen LogP contribution in [0.25, 0.3) is 11.5 Å². The molecule has 0 saturated heterocycles. The van der Waals surface area contributed by atoms with Crippen molar-refractivity contribution >= 4 is 0 Å². The fourth-order valence-electron chi connectivity index (χ4n) is 2.06. The van der Waals surface area contributed by atoms with E-state index in [-0.39, 0.29) is 23.0 Å². The first-order chi connectivity index (χ1) is 9.74. The summed E-state index contributed by atoms with van der Waals surface area (Å²) in [6, 6.07) is 14.4. The number of phenolic OH excluding ortho intramolecular Hbond substituents is 2. The minimum Gasteiger partial charge on any atom is -0.507 e. The van der Waals surface area contributed by atoms with E-state index in [0.29, 0.717) is 6.42 Å². The van der Waals surface area contributed by atoms with E-state index >= 15 is 0 Å². The molecule has 0 aliphatic carbocycles. The minimum atomic E-state index is -0.0573. The Kier molecular flexibility index (Phi) is 3.13. The molecular formula is C16H13NO3. The Morgan fingerprint density at radius 1 is 0.900 bits per heavy atom. The lowest BCUT2D eigenvalue weighted by Gasteiger charge is -2.02. The molecule has 4 nitrogen and oxygen atoms in total. The van der Waals surface area contributed by atoms with Crippen LogP contribution in [0.4, 0.5) is 0 Å². The topological polar surface area (TPSA) is 66.5 Å². The highest BCUT2D eigenvalue weighted by atomic mass is 16.3. The normalized spacial score (nSPS) is 10.6. The molecule has 0 saturated carbocycles. The van der Waals surface area contributed by atoms with Crippen molar-refractivity contribution in [2.75, 3.05) is 0 Å². The quantitative estimate of drug-likeness (QED) is 0.763. The third-order valence-electron chi connectivity index (χ3n) is 3.01. The molecule has 0 amide bonds. The zero-order valence-electron chi connectivity index (χ0n) is 10.7. The zero-order valence-corrected chi connectivity index (χ0v) is 10.7. The molecular weight excluding hydrogens is 254 g/mol. The molecule has 1 aromatic heterocycles. The van der Waals surface area contributed by atoms with Gasteiger partial charge in [-0.3, -0.25) is 0 Å². The van der Waals surface area contributed by atoms with Gasteiger partial charge in [0.1, 0.15) is 23.3 Å². The van der Waals surface area contributed by atoms with Crippen molar-refractivity contribution in [3.05, 3.63) is 66.1 Å². The number of aromatic nitrogens is 1. The highest BCUT2D eigenvalue weighted by molar-refractivity contribution is 5.69. The van der Waals surface area contributed by atoms with E-state index in [2.05, 4.69) is 4.98 Å². The summed E-state index contributed by atoms with van der Waals surface area (Å²) in [5.41, 5.74) is 2.08. The summed E-state index contributed by atoms with van der Waals surface area (Å²) in [7, 11) is 0. The lowest BCUT2D eigenvalue weighted by Crippen LogP contribution is -1.88. The molecule has 3 aromatic rings. The Balaban J connectivity index is 1.91. The van der Waals surface area contributed by atoms with Crippen LogP contribution in [-0.4, -0.2) is 15.2 Å². The van der Waals surface area contributed by atoms with Crippen LogP contribution in [0.2, 0.25) is 0 Å². The van der Waals surface area contributed by atoms with Crippen molar-refractivity contribution in [2.24, 2.45) is 0 Å². The molecule has 1 heterocycles. The minimum absolute atomic E-state index is 0.0573. The Hall–Kier alpha value is -2.75. The van der Waals surface area contributed by atoms with Crippen LogP contribution >= 0.6 is 0 Å². The maximum atomic E-state index is 9.78. The molecule has 0 aliphatic heterocycles. The van der Waals surface area contributed by atoms with Crippen LogP contribution in [0, 0.1) is 0 Å². The average molecular weight is 267 g/mol. The summed E-state index contributed by atoms with van der Waals surface area (Å²) in [4.78, 5) is 4.31. The maximum Gasteiger partial charge on any atom is 0.233 e. The second kappa shape index (κ2) is 5.09. The van der Waals surface area contributed by atoms with Gasteiger partial charge >= 0.3 is 0 Å². The summed E-state index contributed by atoms with van der Waals surface area (Å²) in [5, 5.41) is 19.6. The first-order valence-electron chi connectivity index (χ1n) is 6.23. The zero-order chi connectivity index (χ0) is 13.9. The van der Waals surface area contributed by atoms with E-state index in [1.807, 2.05) is 30.3 Å². The van der Waals surface area contributed by atoms with Gasteiger partial charge in [-0.25, -0.2) is 4.98 Å². The van der Waals surface area contributed by atoms with Crippen molar-refractivity contribution in [3.63, 3.8) is 0 Å². The Morgan fingerprint density at radius 2 is 1.60 bits per heavy atom. The first-order valence-corrected chi connectivity index (χ1v) is 6.23. The maximum absolute atomic E-state index is 9.78. The van der Waals surface area contributed by atoms with Gasteiger partial charge in [0.2, 0.25) is 5.89 Å². The van der Waals surface area contributed by atoms with E-state index in [1.165, 1.54) is 18.4 Å². The number of hydrogen-bond acceptors (Lipinski definition) is 4. The average Bonchev–Trinajstić information content (AvgIpc) is 2.88. The van der Waals surface area contributed by atoms with Gasteiger partial charge in [-0.2, -0.15) is 0 Å². The van der Waals surface area contributed by atoms with Crippen LogP contribution in [0.1, 0.15) is 11.3 Å². The van der Waals surface area contributed by atoms with Crippen molar-refractivity contribution in [1.29, 1.82) is 0 Å². The highest BCUT2D eigenvalue weighted by Gasteiger charge is 2.15. The monoisotopic (exact) mass is 267 g/mol. The van der Waals surface area contributed by atoms with Gasteiger partial charge in [-0.05, 0) is 17.7 Å². The standard InChI is InChI=1S/C16H13NO3/c18-13-7-4-8-14(19)15(13)16-17-12(10-20-16)9-11-5-2-1-3-6-11/h1-8,10,18-19H,9H2. The lowest BCUT2D eigenvalue weighted by molar-refractivity contribution is 0.448. The molecule has 4 heteroatoms. The van der Waals surface area contributed by atoms with Gasteiger partial charge in [0.05, 0.1) is 5.69 Å². The predicted octanol–water partition coefficient (Wildman–Crippen LogP) is 3.34. The third-order valence-corrected chi connectivity index (χ3v) is 3.01. The second-order valence-electron chi connectivity index (χ2n) is 4.48. The number of oxazole rings is 1. The molecule has 3 rings (SSSR count). The largest absolute Gasteiger partial charge is 0.507 e. The summed E-state index contributed by atoms with van der Waals surface area (Å²) in [6.45, 7) is 0. The molecule has 2 aromatic carbocycles. The number of phenols is 2. The highest BCUT2D eigenvalue weighted by Crippen LogP contribution is 2.36. The van der Waals surface area contributed by atoms with Gasteiger partial charge in [0.15, 0.2) is 0 Å². The van der Waals surface area contributed by atoms with Crippen LogP contribution in [0.15, 0.2) is 59.2 Å². The lowest BCUT2D eigenvalue weighted by atomic mass is 10.1. The van der Waals surface area contributed by atoms with Crippen LogP contribution in [0.5, 0.6) is 11.5 Å². The van der Waals surface area contributed by atoms with Gasteiger partial charge in [0.25, 0.3) is 0 Å². The predicted molar refractivity (Wildman–Crippen MR) is 74.5 cm³/mol. The Morgan fingerprint density at radius 3 is 2.30 bits per heavy atom.